The Morgan fingerprint density at radius 3 is 2.40 bits per heavy atom. The van der Waals surface area contributed by atoms with Gasteiger partial charge < -0.3 is 5.32 Å². The van der Waals surface area contributed by atoms with Gasteiger partial charge in [0, 0.05) is 13.2 Å². The quantitative estimate of drug-likeness (QED) is 0.780. The van der Waals surface area contributed by atoms with E-state index in [1.54, 1.807) is 0 Å². The van der Waals surface area contributed by atoms with Crippen LogP contribution in [0.15, 0.2) is 12.3 Å². The van der Waals surface area contributed by atoms with Crippen molar-refractivity contribution in [3.8, 4) is 0 Å². The zero-order chi connectivity index (χ0) is 11.3. The number of rotatable bonds is 6. The van der Waals surface area contributed by atoms with Crippen molar-refractivity contribution in [2.24, 2.45) is 13.0 Å². The standard InChI is InChI=1S/C12H23N3/c1-5-10(6-2)12(13-7-3)11-8-9-15(4)14-11/h8-10,12-13H,5-7H2,1-4H3. The van der Waals surface area contributed by atoms with E-state index in [-0.39, 0.29) is 0 Å². The molecule has 0 aliphatic heterocycles. The third-order valence-electron chi connectivity index (χ3n) is 3.00. The average molecular weight is 209 g/mol. The first-order valence-electron chi connectivity index (χ1n) is 5.95. The third kappa shape index (κ3) is 3.06. The number of aromatic nitrogens is 2. The van der Waals surface area contributed by atoms with Crippen molar-refractivity contribution >= 4 is 0 Å². The van der Waals surface area contributed by atoms with Gasteiger partial charge in [-0.3, -0.25) is 4.68 Å². The van der Waals surface area contributed by atoms with Gasteiger partial charge in [-0.1, -0.05) is 33.6 Å². The van der Waals surface area contributed by atoms with E-state index in [0.717, 1.165) is 6.54 Å². The number of nitrogens with zero attached hydrogens (tertiary/aromatic N) is 2. The summed E-state index contributed by atoms with van der Waals surface area (Å²) in [5.41, 5.74) is 1.17. The van der Waals surface area contributed by atoms with Crippen LogP contribution in [0.5, 0.6) is 0 Å². The Bertz CT molecular complexity index is 276. The van der Waals surface area contributed by atoms with Gasteiger partial charge in [0.15, 0.2) is 0 Å². The van der Waals surface area contributed by atoms with Gasteiger partial charge in [-0.05, 0) is 18.5 Å². The topological polar surface area (TPSA) is 29.9 Å². The molecule has 1 N–H and O–H groups in total. The Morgan fingerprint density at radius 1 is 1.33 bits per heavy atom. The number of nitrogens with one attached hydrogen (secondary N) is 1. The average Bonchev–Trinajstić information content (AvgIpc) is 2.65. The molecule has 0 aromatic carbocycles. The highest BCUT2D eigenvalue weighted by molar-refractivity contribution is 5.07. The fourth-order valence-corrected chi connectivity index (χ4v) is 2.09. The molecule has 86 valence electrons. The molecule has 0 saturated heterocycles. The molecular weight excluding hydrogens is 186 g/mol. The SMILES string of the molecule is CCNC(c1ccn(C)n1)C(CC)CC. The van der Waals surface area contributed by atoms with Crippen LogP contribution < -0.4 is 5.32 Å². The van der Waals surface area contributed by atoms with Gasteiger partial charge >= 0.3 is 0 Å². The first-order chi connectivity index (χ1) is 7.22. The summed E-state index contributed by atoms with van der Waals surface area (Å²) in [5.74, 6) is 0.680. The minimum atomic E-state index is 0.409. The molecule has 1 aromatic heterocycles. The van der Waals surface area contributed by atoms with Crippen LogP contribution in [0.3, 0.4) is 0 Å². The van der Waals surface area contributed by atoms with Crippen molar-refractivity contribution in [2.75, 3.05) is 6.54 Å². The van der Waals surface area contributed by atoms with Crippen molar-refractivity contribution in [1.82, 2.24) is 15.1 Å². The lowest BCUT2D eigenvalue weighted by Gasteiger charge is -2.24. The van der Waals surface area contributed by atoms with E-state index in [2.05, 4.69) is 37.3 Å². The first kappa shape index (κ1) is 12.2. The molecule has 1 unspecified atom stereocenters. The Labute approximate surface area is 92.9 Å². The summed E-state index contributed by atoms with van der Waals surface area (Å²) in [6.45, 7) is 7.65. The zero-order valence-electron chi connectivity index (χ0n) is 10.3. The molecule has 0 amide bonds. The second-order valence-electron chi connectivity index (χ2n) is 4.03. The summed E-state index contributed by atoms with van der Waals surface area (Å²) in [7, 11) is 1.97. The van der Waals surface area contributed by atoms with Crippen molar-refractivity contribution < 1.29 is 0 Å². The van der Waals surface area contributed by atoms with Gasteiger partial charge in [-0.15, -0.1) is 0 Å². The van der Waals surface area contributed by atoms with Crippen LogP contribution in [-0.2, 0) is 7.05 Å². The monoisotopic (exact) mass is 209 g/mol. The Morgan fingerprint density at radius 2 is 2.00 bits per heavy atom. The maximum absolute atomic E-state index is 4.50. The summed E-state index contributed by atoms with van der Waals surface area (Å²) in [6, 6.07) is 2.53. The molecule has 1 rings (SSSR count). The van der Waals surface area contributed by atoms with E-state index >= 15 is 0 Å². The van der Waals surface area contributed by atoms with Crippen molar-refractivity contribution in [1.29, 1.82) is 0 Å². The summed E-state index contributed by atoms with van der Waals surface area (Å²) in [4.78, 5) is 0. The number of aryl methyl sites for hydroxylation is 1. The smallest absolute Gasteiger partial charge is 0.0796 e. The van der Waals surface area contributed by atoms with Gasteiger partial charge in [0.1, 0.15) is 0 Å². The fraction of sp³-hybridized carbons (Fsp3) is 0.750. The van der Waals surface area contributed by atoms with Crippen LogP contribution in [0.2, 0.25) is 0 Å². The van der Waals surface area contributed by atoms with E-state index in [1.807, 2.05) is 17.9 Å². The summed E-state index contributed by atoms with van der Waals surface area (Å²) >= 11 is 0. The molecule has 1 atom stereocenters. The fourth-order valence-electron chi connectivity index (χ4n) is 2.09. The van der Waals surface area contributed by atoms with Crippen LogP contribution in [0.25, 0.3) is 0 Å². The Hall–Kier alpha value is -0.830. The van der Waals surface area contributed by atoms with Gasteiger partial charge in [-0.25, -0.2) is 0 Å². The van der Waals surface area contributed by atoms with Gasteiger partial charge in [0.25, 0.3) is 0 Å². The number of hydrogen-bond donors (Lipinski definition) is 1. The van der Waals surface area contributed by atoms with Crippen LogP contribution in [0.4, 0.5) is 0 Å². The molecule has 3 nitrogen and oxygen atoms in total. The third-order valence-corrected chi connectivity index (χ3v) is 3.00. The lowest BCUT2D eigenvalue weighted by Crippen LogP contribution is -2.28. The lowest BCUT2D eigenvalue weighted by atomic mass is 9.92. The molecule has 0 radical (unpaired) electrons. The van der Waals surface area contributed by atoms with Gasteiger partial charge in [0.2, 0.25) is 0 Å². The van der Waals surface area contributed by atoms with E-state index < -0.39 is 0 Å². The largest absolute Gasteiger partial charge is 0.309 e. The highest BCUT2D eigenvalue weighted by atomic mass is 15.3. The highest BCUT2D eigenvalue weighted by Gasteiger charge is 2.21. The molecule has 0 spiro atoms. The van der Waals surface area contributed by atoms with Crippen molar-refractivity contribution in [2.45, 2.75) is 39.7 Å². The molecule has 15 heavy (non-hydrogen) atoms. The van der Waals surface area contributed by atoms with E-state index in [9.17, 15) is 0 Å². The van der Waals surface area contributed by atoms with E-state index in [1.165, 1.54) is 18.5 Å². The second kappa shape index (κ2) is 5.91. The van der Waals surface area contributed by atoms with Crippen LogP contribution in [0.1, 0.15) is 45.3 Å². The highest BCUT2D eigenvalue weighted by Crippen LogP contribution is 2.25. The maximum atomic E-state index is 4.50. The maximum Gasteiger partial charge on any atom is 0.0796 e. The van der Waals surface area contributed by atoms with Crippen LogP contribution in [-0.4, -0.2) is 16.3 Å². The molecule has 0 aliphatic carbocycles. The lowest BCUT2D eigenvalue weighted by molar-refractivity contribution is 0.338. The molecule has 0 bridgehead atoms. The van der Waals surface area contributed by atoms with Crippen molar-refractivity contribution in [3.63, 3.8) is 0 Å². The molecule has 1 heterocycles. The normalized spacial score (nSPS) is 13.4. The van der Waals surface area contributed by atoms with E-state index in [4.69, 9.17) is 0 Å². The first-order valence-corrected chi connectivity index (χ1v) is 5.95. The Balaban J connectivity index is 2.81. The minimum absolute atomic E-state index is 0.409. The molecule has 0 aliphatic rings. The zero-order valence-corrected chi connectivity index (χ0v) is 10.3. The van der Waals surface area contributed by atoms with E-state index in [0.29, 0.717) is 12.0 Å². The molecule has 1 aromatic rings. The molecular formula is C12H23N3. The summed E-state index contributed by atoms with van der Waals surface area (Å²) in [5, 5.41) is 8.04. The predicted octanol–water partition coefficient (Wildman–Crippen LogP) is 2.51. The minimum Gasteiger partial charge on any atom is -0.309 e. The van der Waals surface area contributed by atoms with Gasteiger partial charge in [-0.2, -0.15) is 5.10 Å². The Kier molecular flexibility index (Phi) is 4.82. The predicted molar refractivity (Wildman–Crippen MR) is 63.7 cm³/mol. The van der Waals surface area contributed by atoms with Crippen LogP contribution >= 0.6 is 0 Å². The van der Waals surface area contributed by atoms with Gasteiger partial charge in [0.05, 0.1) is 11.7 Å². The number of hydrogen-bond acceptors (Lipinski definition) is 2. The summed E-state index contributed by atoms with van der Waals surface area (Å²) < 4.78 is 1.88. The summed E-state index contributed by atoms with van der Waals surface area (Å²) in [6.07, 6.45) is 4.41. The second-order valence-corrected chi connectivity index (χ2v) is 4.03. The van der Waals surface area contributed by atoms with Crippen molar-refractivity contribution in [3.05, 3.63) is 18.0 Å². The van der Waals surface area contributed by atoms with Crippen LogP contribution in [0, 0.1) is 5.92 Å². The molecule has 0 saturated carbocycles. The molecule has 0 fully saturated rings. The molecule has 3 heteroatoms.